The smallest absolute Gasteiger partial charge is 0.0815 e. The summed E-state index contributed by atoms with van der Waals surface area (Å²) in [5.41, 5.74) is 0.351. The number of rotatable bonds is 6. The minimum absolute atomic E-state index is 0.351. The number of hydrogen-bond acceptors (Lipinski definition) is 2. The Hall–Kier alpha value is -0.340. The molecule has 0 spiro atoms. The van der Waals surface area contributed by atoms with E-state index in [1.165, 1.54) is 12.8 Å². The molecule has 2 unspecified atom stereocenters. The molecule has 0 aromatic heterocycles. The largest absolute Gasteiger partial charge is 0.373 e. The summed E-state index contributed by atoms with van der Waals surface area (Å²) in [6.07, 6.45) is 6.46. The van der Waals surface area contributed by atoms with E-state index < -0.39 is 0 Å². The molecule has 2 atom stereocenters. The van der Waals surface area contributed by atoms with E-state index in [2.05, 4.69) is 13.5 Å². The van der Waals surface area contributed by atoms with E-state index in [1.54, 1.807) is 0 Å². The molecule has 2 aliphatic rings. The maximum Gasteiger partial charge on any atom is 0.0815 e. The van der Waals surface area contributed by atoms with Gasteiger partial charge in [-0.1, -0.05) is 13.0 Å². The minimum atomic E-state index is 0.351. The van der Waals surface area contributed by atoms with Crippen molar-refractivity contribution in [2.24, 2.45) is 5.41 Å². The first-order valence-electron chi connectivity index (χ1n) is 5.06. The SMILES string of the molecule is C=CCC(C)(CC1CO1)CC1CO1. The summed E-state index contributed by atoms with van der Waals surface area (Å²) < 4.78 is 10.6. The van der Waals surface area contributed by atoms with Gasteiger partial charge in [0.1, 0.15) is 0 Å². The molecule has 2 heterocycles. The van der Waals surface area contributed by atoms with E-state index >= 15 is 0 Å². The molecule has 0 aromatic carbocycles. The Bertz CT molecular complexity index is 178. The van der Waals surface area contributed by atoms with E-state index in [1.807, 2.05) is 6.08 Å². The van der Waals surface area contributed by atoms with E-state index in [0.29, 0.717) is 17.6 Å². The Balaban J connectivity index is 1.85. The molecular formula is C11H18O2. The summed E-state index contributed by atoms with van der Waals surface area (Å²) in [6.45, 7) is 8.05. The van der Waals surface area contributed by atoms with Crippen molar-refractivity contribution in [3.63, 3.8) is 0 Å². The molecule has 0 radical (unpaired) electrons. The highest BCUT2D eigenvalue weighted by Gasteiger charge is 2.38. The van der Waals surface area contributed by atoms with Gasteiger partial charge in [0.2, 0.25) is 0 Å². The van der Waals surface area contributed by atoms with Crippen LogP contribution >= 0.6 is 0 Å². The van der Waals surface area contributed by atoms with Gasteiger partial charge in [-0.05, 0) is 24.7 Å². The average molecular weight is 182 g/mol. The Labute approximate surface area is 79.9 Å². The number of epoxide rings is 2. The summed E-state index contributed by atoms with van der Waals surface area (Å²) in [4.78, 5) is 0. The maximum atomic E-state index is 5.28. The van der Waals surface area contributed by atoms with Crippen LogP contribution in [-0.2, 0) is 9.47 Å². The predicted octanol–water partition coefficient (Wildman–Crippen LogP) is 2.15. The van der Waals surface area contributed by atoms with Crippen molar-refractivity contribution in [1.29, 1.82) is 0 Å². The van der Waals surface area contributed by atoms with Crippen LogP contribution in [0.1, 0.15) is 26.2 Å². The molecule has 2 saturated heterocycles. The van der Waals surface area contributed by atoms with E-state index in [-0.39, 0.29) is 0 Å². The highest BCUT2D eigenvalue weighted by Crippen LogP contribution is 2.39. The fourth-order valence-electron chi connectivity index (χ4n) is 2.07. The van der Waals surface area contributed by atoms with Gasteiger partial charge in [0.15, 0.2) is 0 Å². The third-order valence-corrected chi connectivity index (χ3v) is 2.88. The molecule has 0 amide bonds. The van der Waals surface area contributed by atoms with Crippen LogP contribution in [0.4, 0.5) is 0 Å². The van der Waals surface area contributed by atoms with Crippen LogP contribution in [0.15, 0.2) is 12.7 Å². The third-order valence-electron chi connectivity index (χ3n) is 2.88. The maximum absolute atomic E-state index is 5.28. The first-order chi connectivity index (χ1) is 6.22. The summed E-state index contributed by atoms with van der Waals surface area (Å²) in [7, 11) is 0. The minimum Gasteiger partial charge on any atom is -0.373 e. The van der Waals surface area contributed by atoms with E-state index in [9.17, 15) is 0 Å². The van der Waals surface area contributed by atoms with Gasteiger partial charge in [0.25, 0.3) is 0 Å². The van der Waals surface area contributed by atoms with Crippen LogP contribution < -0.4 is 0 Å². The van der Waals surface area contributed by atoms with Crippen LogP contribution in [0.2, 0.25) is 0 Å². The van der Waals surface area contributed by atoms with Gasteiger partial charge >= 0.3 is 0 Å². The second-order valence-electron chi connectivity index (χ2n) is 4.62. The molecule has 0 aliphatic carbocycles. The fourth-order valence-corrected chi connectivity index (χ4v) is 2.07. The van der Waals surface area contributed by atoms with Gasteiger partial charge in [-0.15, -0.1) is 6.58 Å². The average Bonchev–Trinajstić information content (AvgIpc) is 2.85. The number of ether oxygens (including phenoxy) is 2. The quantitative estimate of drug-likeness (QED) is 0.464. The monoisotopic (exact) mass is 182 g/mol. The Kier molecular flexibility index (Phi) is 2.43. The fraction of sp³-hybridized carbons (Fsp3) is 0.818. The standard InChI is InChI=1S/C11H18O2/c1-3-4-11(2,5-9-7-12-9)6-10-8-13-10/h3,9-10H,1,4-8H2,2H3. The lowest BCUT2D eigenvalue weighted by Crippen LogP contribution is -2.20. The summed E-state index contributed by atoms with van der Waals surface area (Å²) in [6, 6.07) is 0. The van der Waals surface area contributed by atoms with Crippen LogP contribution in [0, 0.1) is 5.41 Å². The van der Waals surface area contributed by atoms with Gasteiger partial charge in [0.05, 0.1) is 25.4 Å². The first-order valence-corrected chi connectivity index (χ1v) is 5.06. The van der Waals surface area contributed by atoms with Crippen molar-refractivity contribution in [3.8, 4) is 0 Å². The Morgan fingerprint density at radius 1 is 1.31 bits per heavy atom. The zero-order valence-electron chi connectivity index (χ0n) is 8.29. The molecule has 74 valence electrons. The van der Waals surface area contributed by atoms with Gasteiger partial charge in [0, 0.05) is 0 Å². The van der Waals surface area contributed by atoms with Crippen LogP contribution in [-0.4, -0.2) is 25.4 Å². The molecule has 0 aromatic rings. The topological polar surface area (TPSA) is 25.1 Å². The van der Waals surface area contributed by atoms with Crippen LogP contribution in [0.25, 0.3) is 0 Å². The molecule has 0 saturated carbocycles. The number of allylic oxidation sites excluding steroid dienone is 1. The first kappa shape index (κ1) is 9.22. The van der Waals surface area contributed by atoms with E-state index in [0.717, 1.165) is 19.6 Å². The summed E-state index contributed by atoms with van der Waals surface area (Å²) >= 11 is 0. The Morgan fingerprint density at radius 2 is 1.77 bits per heavy atom. The predicted molar refractivity (Wildman–Crippen MR) is 51.6 cm³/mol. The highest BCUT2D eigenvalue weighted by molar-refractivity contribution is 4.91. The van der Waals surface area contributed by atoms with Crippen molar-refractivity contribution in [1.82, 2.24) is 0 Å². The van der Waals surface area contributed by atoms with Gasteiger partial charge < -0.3 is 9.47 Å². The van der Waals surface area contributed by atoms with Gasteiger partial charge in [-0.2, -0.15) is 0 Å². The van der Waals surface area contributed by atoms with Gasteiger partial charge in [-0.25, -0.2) is 0 Å². The molecule has 2 aliphatic heterocycles. The van der Waals surface area contributed by atoms with Crippen LogP contribution in [0.5, 0.6) is 0 Å². The molecule has 2 rings (SSSR count). The molecule has 2 nitrogen and oxygen atoms in total. The molecule has 2 heteroatoms. The lowest BCUT2D eigenvalue weighted by Gasteiger charge is -2.26. The zero-order valence-corrected chi connectivity index (χ0v) is 8.29. The van der Waals surface area contributed by atoms with Crippen molar-refractivity contribution < 1.29 is 9.47 Å². The highest BCUT2D eigenvalue weighted by atomic mass is 16.6. The van der Waals surface area contributed by atoms with Crippen LogP contribution in [0.3, 0.4) is 0 Å². The molecule has 0 bridgehead atoms. The molecular weight excluding hydrogens is 164 g/mol. The normalized spacial score (nSPS) is 35.2. The van der Waals surface area contributed by atoms with E-state index in [4.69, 9.17) is 9.47 Å². The Morgan fingerprint density at radius 3 is 2.08 bits per heavy atom. The lowest BCUT2D eigenvalue weighted by atomic mass is 9.78. The van der Waals surface area contributed by atoms with Crippen molar-refractivity contribution in [2.75, 3.05) is 13.2 Å². The second kappa shape index (κ2) is 3.43. The van der Waals surface area contributed by atoms with Crippen molar-refractivity contribution in [2.45, 2.75) is 38.4 Å². The van der Waals surface area contributed by atoms with Gasteiger partial charge in [-0.3, -0.25) is 0 Å². The molecule has 2 fully saturated rings. The van der Waals surface area contributed by atoms with Crippen molar-refractivity contribution in [3.05, 3.63) is 12.7 Å². The zero-order chi connectivity index (χ0) is 9.31. The lowest BCUT2D eigenvalue weighted by molar-refractivity contribution is 0.211. The number of hydrogen-bond donors (Lipinski definition) is 0. The van der Waals surface area contributed by atoms with Crippen molar-refractivity contribution >= 4 is 0 Å². The molecule has 13 heavy (non-hydrogen) atoms. The third kappa shape index (κ3) is 2.82. The summed E-state index contributed by atoms with van der Waals surface area (Å²) in [5, 5.41) is 0. The summed E-state index contributed by atoms with van der Waals surface area (Å²) in [5.74, 6) is 0. The molecule has 0 N–H and O–H groups in total. The second-order valence-corrected chi connectivity index (χ2v) is 4.62.